The van der Waals surface area contributed by atoms with Crippen LogP contribution in [-0.4, -0.2) is 49.4 Å². The molecule has 6 nitrogen and oxygen atoms in total. The van der Waals surface area contributed by atoms with Gasteiger partial charge in [0.25, 0.3) is 5.60 Å². The molecule has 36 heavy (non-hydrogen) atoms. The Balaban J connectivity index is 2.12. The van der Waals surface area contributed by atoms with E-state index in [1.165, 1.54) is 37.1 Å². The summed E-state index contributed by atoms with van der Waals surface area (Å²) in [4.78, 5) is 25.2. The van der Waals surface area contributed by atoms with E-state index in [0.717, 1.165) is 19.2 Å². The van der Waals surface area contributed by atoms with E-state index in [2.05, 4.69) is 0 Å². The lowest BCUT2D eigenvalue weighted by molar-refractivity contribution is -0.276. The first-order valence-electron chi connectivity index (χ1n) is 11.2. The average molecular weight is 529 g/mol. The fraction of sp³-hybridized carbons (Fsp3) is 0.462. The maximum atomic E-state index is 14.0. The molecule has 198 valence electrons. The standard InChI is InChI=1S/C26H31F3O6S/c1-24(2,3)36-22(30)17-21(18-11-13-20(32-4)14-12-18)34-15-16-35-23(31)25(33-5,26(27,28)29)19-9-7-6-8-10-19/h6-14,21H,15-17H2,1-5H3/t21-,25+/m1/s1. The van der Waals surface area contributed by atoms with Gasteiger partial charge in [-0.15, -0.1) is 0 Å². The zero-order valence-electron chi connectivity index (χ0n) is 20.9. The van der Waals surface area contributed by atoms with Gasteiger partial charge in [0.2, 0.25) is 0 Å². The quantitative estimate of drug-likeness (QED) is 0.268. The summed E-state index contributed by atoms with van der Waals surface area (Å²) in [6.07, 6.45) is -5.74. The van der Waals surface area contributed by atoms with E-state index in [1.54, 1.807) is 24.3 Å². The summed E-state index contributed by atoms with van der Waals surface area (Å²) in [7, 11) is 2.33. The van der Waals surface area contributed by atoms with E-state index in [1.807, 2.05) is 20.8 Å². The normalized spacial score (nSPS) is 14.6. The minimum Gasteiger partial charge on any atom is -0.497 e. The fourth-order valence-electron chi connectivity index (χ4n) is 3.44. The molecule has 0 radical (unpaired) electrons. The number of alkyl halides is 3. The molecular weight excluding hydrogens is 497 g/mol. The van der Waals surface area contributed by atoms with Gasteiger partial charge in [-0.05, 0) is 17.7 Å². The Bertz CT molecular complexity index is 989. The summed E-state index contributed by atoms with van der Waals surface area (Å²) in [5.74, 6) is -0.988. The molecule has 0 N–H and O–H groups in total. The molecule has 0 saturated carbocycles. The summed E-state index contributed by atoms with van der Waals surface area (Å²) >= 11 is 1.17. The van der Waals surface area contributed by atoms with Gasteiger partial charge >= 0.3 is 12.1 Å². The van der Waals surface area contributed by atoms with E-state index in [4.69, 9.17) is 18.9 Å². The van der Waals surface area contributed by atoms with Gasteiger partial charge in [-0.2, -0.15) is 13.2 Å². The third-order valence-corrected chi connectivity index (χ3v) is 6.08. The van der Waals surface area contributed by atoms with Gasteiger partial charge in [0, 0.05) is 23.8 Å². The number of carbonyl (C=O) groups is 2. The monoisotopic (exact) mass is 528 g/mol. The molecule has 0 fully saturated rings. The highest BCUT2D eigenvalue weighted by Gasteiger charge is 2.64. The third-order valence-electron chi connectivity index (χ3n) is 5.07. The van der Waals surface area contributed by atoms with Gasteiger partial charge in [-0.3, -0.25) is 4.79 Å². The first kappa shape index (κ1) is 29.7. The molecule has 0 aliphatic carbocycles. The minimum absolute atomic E-state index is 0.0246. The minimum atomic E-state index is -5.07. The first-order valence-corrected chi connectivity index (χ1v) is 12.0. The predicted molar refractivity (Wildman–Crippen MR) is 131 cm³/mol. The van der Waals surface area contributed by atoms with E-state index in [0.29, 0.717) is 11.3 Å². The zero-order valence-corrected chi connectivity index (χ0v) is 21.7. The number of thioether (sulfide) groups is 1. The van der Waals surface area contributed by atoms with Gasteiger partial charge in [-0.1, -0.05) is 75.0 Å². The van der Waals surface area contributed by atoms with Crippen LogP contribution in [0.3, 0.4) is 0 Å². The Morgan fingerprint density at radius 1 is 0.917 bits per heavy atom. The van der Waals surface area contributed by atoms with Crippen LogP contribution in [0.4, 0.5) is 13.2 Å². The second-order valence-corrected chi connectivity index (χ2v) is 10.7. The molecule has 0 amide bonds. The molecular formula is C26H31F3O6S. The molecule has 2 aromatic carbocycles. The lowest BCUT2D eigenvalue weighted by Gasteiger charge is -2.32. The second kappa shape index (κ2) is 12.6. The van der Waals surface area contributed by atoms with Crippen molar-refractivity contribution in [1.82, 2.24) is 0 Å². The molecule has 0 aliphatic heterocycles. The van der Waals surface area contributed by atoms with Gasteiger partial charge in [0.1, 0.15) is 12.4 Å². The number of hydrogen-bond acceptors (Lipinski definition) is 7. The molecule has 10 heteroatoms. The summed E-state index contributed by atoms with van der Waals surface area (Å²) in [6, 6.07) is 13.5. The average Bonchev–Trinajstić information content (AvgIpc) is 2.80. The molecule has 0 aliphatic rings. The van der Waals surface area contributed by atoms with Crippen LogP contribution in [0.25, 0.3) is 0 Å². The molecule has 0 saturated heterocycles. The Hall–Kier alpha value is -2.56. The summed E-state index contributed by atoms with van der Waals surface area (Å²) in [6.45, 7) is 5.03. The van der Waals surface area contributed by atoms with Crippen molar-refractivity contribution in [3.8, 4) is 5.75 Å². The summed E-state index contributed by atoms with van der Waals surface area (Å²) in [5, 5.41) is -0.111. The van der Waals surface area contributed by atoms with Crippen molar-refractivity contribution in [1.29, 1.82) is 0 Å². The highest BCUT2D eigenvalue weighted by Crippen LogP contribution is 2.43. The summed E-state index contributed by atoms with van der Waals surface area (Å²) < 4.78 is 62.4. The maximum absolute atomic E-state index is 14.0. The van der Waals surface area contributed by atoms with Crippen molar-refractivity contribution in [2.45, 2.75) is 49.8 Å². The largest absolute Gasteiger partial charge is 0.497 e. The number of hydrogen-bond donors (Lipinski definition) is 0. The Morgan fingerprint density at radius 3 is 2.03 bits per heavy atom. The number of carbonyl (C=O) groups excluding carboxylic acids is 2. The molecule has 0 bridgehead atoms. The van der Waals surface area contributed by atoms with Gasteiger partial charge < -0.3 is 18.9 Å². The molecule has 2 aromatic rings. The number of rotatable bonds is 11. The number of esters is 1. The van der Waals surface area contributed by atoms with Crippen molar-refractivity contribution in [2.24, 2.45) is 0 Å². The van der Waals surface area contributed by atoms with Crippen LogP contribution in [0.1, 0.15) is 44.4 Å². The molecule has 0 spiro atoms. The van der Waals surface area contributed by atoms with Crippen molar-refractivity contribution in [3.63, 3.8) is 0 Å². The second-order valence-electron chi connectivity index (χ2n) is 8.81. The van der Waals surface area contributed by atoms with Crippen molar-refractivity contribution < 1.29 is 41.7 Å². The van der Waals surface area contributed by atoms with Crippen LogP contribution in [0.15, 0.2) is 54.6 Å². The van der Waals surface area contributed by atoms with Crippen molar-refractivity contribution in [3.05, 3.63) is 65.7 Å². The molecule has 2 rings (SSSR count). The highest BCUT2D eigenvalue weighted by molar-refractivity contribution is 8.14. The topological polar surface area (TPSA) is 71.1 Å². The lowest BCUT2D eigenvalue weighted by atomic mass is 9.93. The third kappa shape index (κ3) is 7.72. The van der Waals surface area contributed by atoms with Crippen LogP contribution in [0.5, 0.6) is 5.75 Å². The number of benzene rings is 2. The molecule has 2 atom stereocenters. The lowest BCUT2D eigenvalue weighted by Crippen LogP contribution is -2.51. The molecule has 0 heterocycles. The van der Waals surface area contributed by atoms with Crippen LogP contribution in [0, 0.1) is 0 Å². The zero-order chi connectivity index (χ0) is 27.0. The van der Waals surface area contributed by atoms with Gasteiger partial charge in [0.05, 0.1) is 19.8 Å². The van der Waals surface area contributed by atoms with E-state index >= 15 is 0 Å². The Labute approximate surface area is 213 Å². The van der Waals surface area contributed by atoms with Crippen LogP contribution < -0.4 is 4.74 Å². The highest BCUT2D eigenvalue weighted by atomic mass is 32.2. The van der Waals surface area contributed by atoms with Crippen molar-refractivity contribution >= 4 is 22.8 Å². The summed E-state index contributed by atoms with van der Waals surface area (Å²) in [5.41, 5.74) is -2.99. The molecule has 0 unspecified atom stereocenters. The van der Waals surface area contributed by atoms with E-state index < -0.39 is 36.0 Å². The number of halogens is 3. The Morgan fingerprint density at radius 2 is 1.53 bits per heavy atom. The first-order chi connectivity index (χ1) is 16.8. The van der Waals surface area contributed by atoms with Gasteiger partial charge in [0.15, 0.2) is 5.12 Å². The fourth-order valence-corrected chi connectivity index (χ4v) is 4.36. The maximum Gasteiger partial charge on any atom is 0.432 e. The van der Waals surface area contributed by atoms with Gasteiger partial charge in [-0.25, -0.2) is 4.79 Å². The molecule has 0 aromatic heterocycles. The number of ether oxygens (including phenoxy) is 4. The smallest absolute Gasteiger partial charge is 0.432 e. The van der Waals surface area contributed by atoms with Crippen LogP contribution >= 0.6 is 11.8 Å². The predicted octanol–water partition coefficient (Wildman–Crippen LogP) is 5.85. The van der Waals surface area contributed by atoms with E-state index in [-0.39, 0.29) is 22.9 Å². The number of methoxy groups -OCH3 is 2. The van der Waals surface area contributed by atoms with E-state index in [9.17, 15) is 22.8 Å². The van der Waals surface area contributed by atoms with Crippen molar-refractivity contribution in [2.75, 3.05) is 27.4 Å². The van der Waals surface area contributed by atoms with Crippen LogP contribution in [0.2, 0.25) is 0 Å². The Kier molecular flexibility index (Phi) is 10.4. The van der Waals surface area contributed by atoms with Crippen LogP contribution in [-0.2, 0) is 29.4 Å². The SMILES string of the molecule is COc1ccc([C@@H](CC(=O)SC(C)(C)C)OCCOC(=O)[C@@](OC)(c2ccccc2)C(F)(F)F)cc1.